The number of aliphatic hydroxyl groups excluding tert-OH is 1. The Balaban J connectivity index is 2.37. The lowest BCUT2D eigenvalue weighted by molar-refractivity contribution is -0.683. The first-order valence-corrected chi connectivity index (χ1v) is 5.38. The van der Waals surface area contributed by atoms with E-state index in [0.717, 1.165) is 0 Å². The van der Waals surface area contributed by atoms with Gasteiger partial charge in [-0.1, -0.05) is 30.3 Å². The number of rotatable bonds is 7. The lowest BCUT2D eigenvalue weighted by atomic mass is 10.1. The third-order valence-corrected chi connectivity index (χ3v) is 2.42. The van der Waals surface area contributed by atoms with Crippen LogP contribution >= 0.6 is 0 Å². The summed E-state index contributed by atoms with van der Waals surface area (Å²) in [4.78, 5) is 22.1. The van der Waals surface area contributed by atoms with Gasteiger partial charge < -0.3 is 20.3 Å². The molecular weight excluding hydrogens is 222 g/mol. The fourth-order valence-electron chi connectivity index (χ4n) is 1.43. The Kier molecular flexibility index (Phi) is 5.32. The topological polar surface area (TPSA) is 94.0 Å². The molecule has 0 aromatic heterocycles. The van der Waals surface area contributed by atoms with E-state index in [9.17, 15) is 14.7 Å². The van der Waals surface area contributed by atoms with E-state index in [1.54, 1.807) is 24.3 Å². The fourth-order valence-corrected chi connectivity index (χ4v) is 1.43. The van der Waals surface area contributed by atoms with Gasteiger partial charge in [0.2, 0.25) is 0 Å². The minimum absolute atomic E-state index is 0.0445. The number of carboxylic acid groups (broad SMARTS) is 1. The van der Waals surface area contributed by atoms with Crippen LogP contribution in [-0.4, -0.2) is 36.1 Å². The Morgan fingerprint density at radius 2 is 1.94 bits per heavy atom. The van der Waals surface area contributed by atoms with Crippen molar-refractivity contribution in [2.45, 2.75) is 12.5 Å². The molecule has 1 atom stereocenters. The molecule has 0 aliphatic rings. The van der Waals surface area contributed by atoms with Crippen molar-refractivity contribution in [1.29, 1.82) is 0 Å². The van der Waals surface area contributed by atoms with Crippen LogP contribution < -0.4 is 10.4 Å². The van der Waals surface area contributed by atoms with Crippen LogP contribution in [0.15, 0.2) is 30.3 Å². The molecule has 0 saturated carbocycles. The molecule has 0 spiro atoms. The van der Waals surface area contributed by atoms with Gasteiger partial charge in [-0.2, -0.15) is 0 Å². The molecule has 0 bridgehead atoms. The standard InChI is InChI=1S/C12H15NO4/c14-8-10(12(16)17)13-7-6-11(15)9-4-2-1-3-5-9/h1-5,10,13-14H,6-8H2,(H,16,17)/t10-/m1/s1. The lowest BCUT2D eigenvalue weighted by Crippen LogP contribution is -2.94. The van der Waals surface area contributed by atoms with E-state index >= 15 is 0 Å². The van der Waals surface area contributed by atoms with Crippen LogP contribution in [0.2, 0.25) is 0 Å². The van der Waals surface area contributed by atoms with E-state index in [1.807, 2.05) is 6.07 Å². The Morgan fingerprint density at radius 1 is 1.29 bits per heavy atom. The van der Waals surface area contributed by atoms with E-state index < -0.39 is 18.6 Å². The number of Topliss-reactive ketones (excluding diaryl/α,β-unsaturated/α-hetero) is 1. The first kappa shape index (κ1) is 13.3. The van der Waals surface area contributed by atoms with Crippen LogP contribution in [0, 0.1) is 0 Å². The average molecular weight is 237 g/mol. The summed E-state index contributed by atoms with van der Waals surface area (Å²) < 4.78 is 0. The largest absolute Gasteiger partial charge is 0.544 e. The lowest BCUT2D eigenvalue weighted by Gasteiger charge is -2.13. The second kappa shape index (κ2) is 6.78. The van der Waals surface area contributed by atoms with Gasteiger partial charge in [0.15, 0.2) is 5.78 Å². The zero-order valence-corrected chi connectivity index (χ0v) is 9.33. The summed E-state index contributed by atoms with van der Waals surface area (Å²) >= 11 is 0. The van der Waals surface area contributed by atoms with Gasteiger partial charge in [-0.15, -0.1) is 0 Å². The Hall–Kier alpha value is -1.72. The molecule has 1 aromatic rings. The van der Waals surface area contributed by atoms with E-state index in [1.165, 1.54) is 5.32 Å². The first-order chi connectivity index (χ1) is 8.15. The zero-order chi connectivity index (χ0) is 12.7. The maximum atomic E-state index is 11.6. The Labute approximate surface area is 99.1 Å². The summed E-state index contributed by atoms with van der Waals surface area (Å²) in [6.07, 6.45) is 0.230. The third-order valence-electron chi connectivity index (χ3n) is 2.42. The summed E-state index contributed by atoms with van der Waals surface area (Å²) in [5.74, 6) is -1.36. The minimum Gasteiger partial charge on any atom is -0.544 e. The second-order valence-corrected chi connectivity index (χ2v) is 3.67. The first-order valence-electron chi connectivity index (χ1n) is 5.38. The number of benzene rings is 1. The van der Waals surface area contributed by atoms with Crippen LogP contribution in [0.3, 0.4) is 0 Å². The highest BCUT2D eigenvalue weighted by molar-refractivity contribution is 5.96. The molecule has 0 heterocycles. The van der Waals surface area contributed by atoms with Gasteiger partial charge in [-0.3, -0.25) is 4.79 Å². The maximum absolute atomic E-state index is 11.6. The van der Waals surface area contributed by atoms with E-state index in [4.69, 9.17) is 5.11 Å². The molecule has 0 saturated heterocycles. The fraction of sp³-hybridized carbons (Fsp3) is 0.333. The van der Waals surface area contributed by atoms with Crippen LogP contribution in [0.1, 0.15) is 16.8 Å². The molecule has 0 radical (unpaired) electrons. The molecule has 0 aliphatic carbocycles. The molecule has 1 rings (SSSR count). The Bertz CT molecular complexity index is 377. The molecule has 5 heteroatoms. The van der Waals surface area contributed by atoms with Gasteiger partial charge in [-0.05, 0) is 0 Å². The third kappa shape index (κ3) is 4.34. The predicted molar refractivity (Wildman–Crippen MR) is 58.1 cm³/mol. The number of carbonyl (C=O) groups is 2. The highest BCUT2D eigenvalue weighted by atomic mass is 16.4. The summed E-state index contributed by atoms with van der Waals surface area (Å²) in [7, 11) is 0. The number of aliphatic hydroxyl groups is 1. The SMILES string of the molecule is O=C(CC[NH2+][C@H](CO)C(=O)[O-])c1ccccc1. The van der Waals surface area contributed by atoms with Gasteiger partial charge in [0.05, 0.1) is 13.0 Å². The van der Waals surface area contributed by atoms with Crippen LogP contribution in [0.4, 0.5) is 0 Å². The molecular formula is C12H15NO4. The normalized spacial score (nSPS) is 12.1. The van der Waals surface area contributed by atoms with E-state index in [0.29, 0.717) is 12.1 Å². The summed E-state index contributed by atoms with van der Waals surface area (Å²) in [6, 6.07) is 7.79. The second-order valence-electron chi connectivity index (χ2n) is 3.67. The molecule has 0 unspecified atom stereocenters. The smallest absolute Gasteiger partial charge is 0.168 e. The van der Waals surface area contributed by atoms with Crippen LogP contribution in [-0.2, 0) is 4.79 Å². The highest BCUT2D eigenvalue weighted by Crippen LogP contribution is 2.01. The van der Waals surface area contributed by atoms with Gasteiger partial charge in [-0.25, -0.2) is 0 Å². The molecule has 92 valence electrons. The van der Waals surface area contributed by atoms with E-state index in [2.05, 4.69) is 0 Å². The van der Waals surface area contributed by atoms with Gasteiger partial charge in [0.25, 0.3) is 0 Å². The number of hydrogen-bond acceptors (Lipinski definition) is 4. The van der Waals surface area contributed by atoms with Crippen molar-refractivity contribution in [1.82, 2.24) is 0 Å². The highest BCUT2D eigenvalue weighted by Gasteiger charge is 2.12. The number of nitrogens with two attached hydrogens (primary N) is 1. The number of carbonyl (C=O) groups excluding carboxylic acids is 2. The van der Waals surface area contributed by atoms with Crippen molar-refractivity contribution >= 4 is 11.8 Å². The van der Waals surface area contributed by atoms with Crippen molar-refractivity contribution in [3.8, 4) is 0 Å². The van der Waals surface area contributed by atoms with Crippen molar-refractivity contribution in [2.75, 3.05) is 13.2 Å². The van der Waals surface area contributed by atoms with E-state index in [-0.39, 0.29) is 12.2 Å². The Morgan fingerprint density at radius 3 is 2.47 bits per heavy atom. The van der Waals surface area contributed by atoms with Crippen molar-refractivity contribution < 1.29 is 25.1 Å². The molecule has 5 nitrogen and oxygen atoms in total. The molecule has 3 N–H and O–H groups in total. The molecule has 0 amide bonds. The summed E-state index contributed by atoms with van der Waals surface area (Å²) in [5.41, 5.74) is 0.606. The average Bonchev–Trinajstić information content (AvgIpc) is 2.35. The predicted octanol–water partition coefficient (Wildman–Crippen LogP) is -2.07. The molecule has 0 aliphatic heterocycles. The van der Waals surface area contributed by atoms with Crippen molar-refractivity contribution in [3.05, 3.63) is 35.9 Å². The monoisotopic (exact) mass is 237 g/mol. The molecule has 17 heavy (non-hydrogen) atoms. The number of ketones is 1. The van der Waals surface area contributed by atoms with Crippen molar-refractivity contribution in [2.24, 2.45) is 0 Å². The number of aliphatic carboxylic acids is 1. The molecule has 0 fully saturated rings. The summed E-state index contributed by atoms with van der Waals surface area (Å²) in [5, 5.41) is 20.6. The number of carboxylic acids is 1. The zero-order valence-electron chi connectivity index (χ0n) is 9.33. The number of quaternary nitrogens is 1. The van der Waals surface area contributed by atoms with Gasteiger partial charge in [0, 0.05) is 5.56 Å². The number of hydrogen-bond donors (Lipinski definition) is 2. The quantitative estimate of drug-likeness (QED) is 0.533. The van der Waals surface area contributed by atoms with Gasteiger partial charge in [0.1, 0.15) is 18.6 Å². The minimum atomic E-state index is -1.32. The van der Waals surface area contributed by atoms with Crippen LogP contribution in [0.5, 0.6) is 0 Å². The maximum Gasteiger partial charge on any atom is 0.168 e. The van der Waals surface area contributed by atoms with Crippen LogP contribution in [0.25, 0.3) is 0 Å². The van der Waals surface area contributed by atoms with Crippen molar-refractivity contribution in [3.63, 3.8) is 0 Å². The molecule has 1 aromatic carbocycles. The summed E-state index contributed by atoms with van der Waals surface area (Å²) in [6.45, 7) is -0.186. The van der Waals surface area contributed by atoms with Gasteiger partial charge >= 0.3 is 0 Å².